The zero-order chi connectivity index (χ0) is 25.7. The summed E-state index contributed by atoms with van der Waals surface area (Å²) in [5, 5.41) is 15.2. The van der Waals surface area contributed by atoms with E-state index < -0.39 is 28.7 Å². The van der Waals surface area contributed by atoms with E-state index in [4.69, 9.17) is 11.6 Å². The molecule has 0 spiro atoms. The molecule has 0 bridgehead atoms. The van der Waals surface area contributed by atoms with E-state index in [9.17, 15) is 14.7 Å². The lowest BCUT2D eigenvalue weighted by atomic mass is 9.66. The van der Waals surface area contributed by atoms with Crippen LogP contribution in [0.2, 0.25) is 5.02 Å². The molecule has 0 radical (unpaired) electrons. The highest BCUT2D eigenvalue weighted by molar-refractivity contribution is 6.30. The molecule has 5 rings (SSSR count). The number of halogens is 2. The second-order valence-corrected chi connectivity index (χ2v) is 11.0. The van der Waals surface area contributed by atoms with Gasteiger partial charge in [-0.1, -0.05) is 43.6 Å². The molecule has 2 N–H and O–H groups in total. The minimum absolute atomic E-state index is 0.234. The van der Waals surface area contributed by atoms with Crippen LogP contribution >= 0.6 is 11.6 Å². The van der Waals surface area contributed by atoms with Gasteiger partial charge in [0.25, 0.3) is 0 Å². The number of nitrogens with zero attached hydrogens (tertiary/aromatic N) is 2. The molecule has 2 aliphatic heterocycles. The van der Waals surface area contributed by atoms with Crippen molar-refractivity contribution in [3.05, 3.63) is 76.2 Å². The van der Waals surface area contributed by atoms with E-state index in [0.29, 0.717) is 42.0 Å². The molecule has 1 aromatic heterocycles. The highest BCUT2D eigenvalue weighted by atomic mass is 35.5. The molecule has 2 fully saturated rings. The first-order valence-electron chi connectivity index (χ1n) is 12.2. The number of amides is 2. The average Bonchev–Trinajstić information content (AvgIpc) is 2.83. The molecule has 3 heterocycles. The molecule has 3 aromatic rings. The fourth-order valence-electron chi connectivity index (χ4n) is 5.61. The van der Waals surface area contributed by atoms with Crippen LogP contribution in [0.4, 0.5) is 4.39 Å². The fraction of sp³-hybridized carbons (Fsp3) is 0.393. The summed E-state index contributed by atoms with van der Waals surface area (Å²) in [6.07, 6.45) is 2.53. The zero-order valence-electron chi connectivity index (χ0n) is 20.4. The van der Waals surface area contributed by atoms with Crippen LogP contribution in [0.1, 0.15) is 55.7 Å². The van der Waals surface area contributed by atoms with Crippen LogP contribution in [0.3, 0.4) is 0 Å². The van der Waals surface area contributed by atoms with Gasteiger partial charge in [0.1, 0.15) is 5.82 Å². The average molecular weight is 510 g/mol. The third-order valence-corrected chi connectivity index (χ3v) is 8.01. The summed E-state index contributed by atoms with van der Waals surface area (Å²) >= 11 is 6.01. The van der Waals surface area contributed by atoms with Gasteiger partial charge >= 0.3 is 0 Å². The van der Waals surface area contributed by atoms with Gasteiger partial charge in [-0.25, -0.2) is 4.39 Å². The Labute approximate surface area is 214 Å². The molecule has 2 aromatic carbocycles. The highest BCUT2D eigenvalue weighted by Crippen LogP contribution is 2.48. The second-order valence-electron chi connectivity index (χ2n) is 10.6. The standard InChI is InChI=1S/C28H29ClFN3O3/c1-27(2)16-33(15-17-3-5-19(29)6-4-17)12-11-28(27,36)22-8-9-23-21(25(22)30)13-18(14-31-23)20-7-10-24(34)32-26(20)35/h3-6,8-9,13-14,20,36H,7,10-12,15-16H2,1-2H3,(H,32,34,35)/t20?,28-/m1/s1. The van der Waals surface area contributed by atoms with Crippen molar-refractivity contribution >= 4 is 34.3 Å². The Hall–Kier alpha value is -2.87. The first kappa shape index (κ1) is 24.8. The number of fused-ring (bicyclic) bond motifs is 1. The Kier molecular flexibility index (Phi) is 6.35. The third kappa shape index (κ3) is 4.40. The van der Waals surface area contributed by atoms with Crippen molar-refractivity contribution in [2.24, 2.45) is 5.41 Å². The van der Waals surface area contributed by atoms with Crippen molar-refractivity contribution in [3.63, 3.8) is 0 Å². The normalized spacial score (nSPS) is 24.6. The molecule has 0 aliphatic carbocycles. The minimum Gasteiger partial charge on any atom is -0.384 e. The molecular weight excluding hydrogens is 481 g/mol. The van der Waals surface area contributed by atoms with Crippen LogP contribution in [-0.2, 0) is 21.7 Å². The maximum Gasteiger partial charge on any atom is 0.234 e. The number of hydrogen-bond acceptors (Lipinski definition) is 5. The van der Waals surface area contributed by atoms with Crippen LogP contribution in [0.5, 0.6) is 0 Å². The Morgan fingerprint density at radius 3 is 2.64 bits per heavy atom. The van der Waals surface area contributed by atoms with E-state index in [1.807, 2.05) is 38.1 Å². The van der Waals surface area contributed by atoms with E-state index in [0.717, 1.165) is 12.1 Å². The first-order valence-corrected chi connectivity index (χ1v) is 12.6. The maximum atomic E-state index is 16.0. The van der Waals surface area contributed by atoms with E-state index in [-0.39, 0.29) is 23.3 Å². The molecule has 2 amide bonds. The number of carbonyl (C=O) groups is 2. The Morgan fingerprint density at radius 2 is 1.94 bits per heavy atom. The predicted molar refractivity (Wildman–Crippen MR) is 136 cm³/mol. The highest BCUT2D eigenvalue weighted by Gasteiger charge is 2.50. The van der Waals surface area contributed by atoms with E-state index in [1.165, 1.54) is 0 Å². The van der Waals surface area contributed by atoms with E-state index in [2.05, 4.69) is 15.2 Å². The number of carbonyl (C=O) groups excluding carboxylic acids is 2. The van der Waals surface area contributed by atoms with Gasteiger partial charge in [0.2, 0.25) is 11.8 Å². The van der Waals surface area contributed by atoms with Gasteiger partial charge < -0.3 is 5.11 Å². The molecule has 8 heteroatoms. The van der Waals surface area contributed by atoms with Crippen molar-refractivity contribution in [2.45, 2.75) is 51.2 Å². The SMILES string of the molecule is CC1(C)CN(Cc2ccc(Cl)cc2)CC[C@@]1(O)c1ccc2ncc(C3CCC(=O)NC3=O)cc2c1F. The second kappa shape index (κ2) is 9.21. The summed E-state index contributed by atoms with van der Waals surface area (Å²) in [6, 6.07) is 12.7. The Bertz CT molecular complexity index is 1340. The molecule has 188 valence electrons. The molecular formula is C28H29ClFN3O3. The summed E-state index contributed by atoms with van der Waals surface area (Å²) in [7, 11) is 0. The van der Waals surface area contributed by atoms with Crippen LogP contribution < -0.4 is 5.32 Å². The maximum absolute atomic E-state index is 16.0. The lowest BCUT2D eigenvalue weighted by Crippen LogP contribution is -2.55. The van der Waals surface area contributed by atoms with Gasteiger partial charge in [-0.2, -0.15) is 0 Å². The number of benzene rings is 2. The number of piperidine rings is 2. The number of pyridine rings is 1. The molecule has 36 heavy (non-hydrogen) atoms. The first-order chi connectivity index (χ1) is 17.1. The van der Waals surface area contributed by atoms with Gasteiger partial charge in [0.15, 0.2) is 0 Å². The van der Waals surface area contributed by atoms with E-state index >= 15 is 4.39 Å². The van der Waals surface area contributed by atoms with E-state index in [1.54, 1.807) is 24.4 Å². The quantitative estimate of drug-likeness (QED) is 0.499. The summed E-state index contributed by atoms with van der Waals surface area (Å²) in [5.41, 5.74) is 0.368. The Morgan fingerprint density at radius 1 is 1.19 bits per heavy atom. The molecule has 2 saturated heterocycles. The third-order valence-electron chi connectivity index (χ3n) is 7.76. The van der Waals surface area contributed by atoms with Crippen LogP contribution in [0.25, 0.3) is 10.9 Å². The summed E-state index contributed by atoms with van der Waals surface area (Å²) in [6.45, 7) is 5.83. The smallest absolute Gasteiger partial charge is 0.234 e. The Balaban J connectivity index is 1.44. The van der Waals surface area contributed by atoms with Crippen LogP contribution in [0.15, 0.2) is 48.7 Å². The lowest BCUT2D eigenvalue weighted by molar-refractivity contribution is -0.134. The van der Waals surface area contributed by atoms with Crippen molar-refractivity contribution in [2.75, 3.05) is 13.1 Å². The molecule has 2 aliphatic rings. The largest absolute Gasteiger partial charge is 0.384 e. The van der Waals surface area contributed by atoms with Crippen molar-refractivity contribution < 1.29 is 19.1 Å². The van der Waals surface area contributed by atoms with Gasteiger partial charge in [0, 0.05) is 53.6 Å². The number of imide groups is 1. The summed E-state index contributed by atoms with van der Waals surface area (Å²) in [5.74, 6) is -1.77. The monoisotopic (exact) mass is 509 g/mol. The molecule has 1 unspecified atom stereocenters. The summed E-state index contributed by atoms with van der Waals surface area (Å²) < 4.78 is 16.0. The molecule has 0 saturated carbocycles. The van der Waals surface area contributed by atoms with Gasteiger partial charge in [-0.05, 0) is 48.2 Å². The fourth-order valence-corrected chi connectivity index (χ4v) is 5.74. The van der Waals surface area contributed by atoms with Crippen molar-refractivity contribution in [1.82, 2.24) is 15.2 Å². The number of hydrogen-bond donors (Lipinski definition) is 2. The molecule has 6 nitrogen and oxygen atoms in total. The number of aliphatic hydroxyl groups is 1. The van der Waals surface area contributed by atoms with Crippen LogP contribution in [-0.4, -0.2) is 39.9 Å². The number of nitrogens with one attached hydrogen (secondary N) is 1. The minimum atomic E-state index is -1.38. The van der Waals surface area contributed by atoms with Crippen molar-refractivity contribution in [1.29, 1.82) is 0 Å². The number of likely N-dealkylation sites (tertiary alicyclic amines) is 1. The topological polar surface area (TPSA) is 82.5 Å². The lowest BCUT2D eigenvalue weighted by Gasteiger charge is -2.50. The van der Waals surface area contributed by atoms with Crippen molar-refractivity contribution in [3.8, 4) is 0 Å². The van der Waals surface area contributed by atoms with Gasteiger partial charge in [0.05, 0.1) is 17.0 Å². The predicted octanol–water partition coefficient (Wildman–Crippen LogP) is 4.67. The zero-order valence-corrected chi connectivity index (χ0v) is 21.1. The van der Waals surface area contributed by atoms with Gasteiger partial charge in [-0.3, -0.25) is 24.8 Å². The van der Waals surface area contributed by atoms with Crippen LogP contribution in [0, 0.1) is 11.2 Å². The van der Waals surface area contributed by atoms with Gasteiger partial charge in [-0.15, -0.1) is 0 Å². The molecule has 2 atom stereocenters. The summed E-state index contributed by atoms with van der Waals surface area (Å²) in [4.78, 5) is 30.5. The number of aromatic nitrogens is 1. The number of rotatable bonds is 4.